The van der Waals surface area contributed by atoms with E-state index >= 15 is 0 Å². The van der Waals surface area contributed by atoms with Crippen LogP contribution in [-0.2, 0) is 9.59 Å². The van der Waals surface area contributed by atoms with Crippen LogP contribution in [0.15, 0.2) is 64.6 Å². The summed E-state index contributed by atoms with van der Waals surface area (Å²) in [4.78, 5) is 43.1. The van der Waals surface area contributed by atoms with Gasteiger partial charge in [-0.3, -0.25) is 14.3 Å². The van der Waals surface area contributed by atoms with Gasteiger partial charge in [-0.25, -0.2) is 4.98 Å². The number of phenolic OH excluding ortho intramolecular Hbond substituents is 1. The number of thiazole rings is 1. The minimum absolute atomic E-state index is 0.0358. The van der Waals surface area contributed by atoms with E-state index in [1.807, 2.05) is 57.5 Å². The first kappa shape index (κ1) is 51.0. The summed E-state index contributed by atoms with van der Waals surface area (Å²) in [7, 11) is 0. The third kappa shape index (κ3) is 11.3. The Hall–Kier alpha value is -5.91. The lowest BCUT2D eigenvalue weighted by molar-refractivity contribution is -0.141. The first-order chi connectivity index (χ1) is 34.9. The Morgan fingerprint density at radius 1 is 0.931 bits per heavy atom. The highest BCUT2D eigenvalue weighted by atomic mass is 32.1. The van der Waals surface area contributed by atoms with Crippen LogP contribution in [-0.4, -0.2) is 123 Å². The number of carbonyl (C=O) groups is 2. The minimum atomic E-state index is -0.527. The van der Waals surface area contributed by atoms with E-state index in [4.69, 9.17) is 21.1 Å². The van der Waals surface area contributed by atoms with Crippen LogP contribution in [0.25, 0.3) is 22.2 Å². The van der Waals surface area contributed by atoms with Crippen molar-refractivity contribution in [1.29, 1.82) is 0 Å². The van der Waals surface area contributed by atoms with E-state index in [2.05, 4.69) is 71.3 Å². The summed E-state index contributed by atoms with van der Waals surface area (Å²) in [6.45, 7) is 18.7. The molecule has 0 aliphatic carbocycles. The molecule has 4 saturated heterocycles. The van der Waals surface area contributed by atoms with Crippen LogP contribution < -0.4 is 27.0 Å². The Labute approximate surface area is 429 Å². The largest absolute Gasteiger partial charge is 0.507 e. The van der Waals surface area contributed by atoms with Crippen molar-refractivity contribution in [3.8, 4) is 16.2 Å². The molecular formula is C55H76N12O4S. The summed E-state index contributed by atoms with van der Waals surface area (Å²) in [6.07, 6.45) is 10.7. The highest BCUT2D eigenvalue weighted by Gasteiger charge is 2.41. The van der Waals surface area contributed by atoms with Gasteiger partial charge in [0.05, 0.1) is 33.9 Å². The lowest BCUT2D eigenvalue weighted by Crippen LogP contribution is -2.49. The minimum Gasteiger partial charge on any atom is -0.507 e. The lowest BCUT2D eigenvalue weighted by Gasteiger charge is -2.43. The summed E-state index contributed by atoms with van der Waals surface area (Å²) in [5.41, 5.74) is 20.7. The van der Waals surface area contributed by atoms with Gasteiger partial charge in [0.15, 0.2) is 17.4 Å². The van der Waals surface area contributed by atoms with Gasteiger partial charge in [0, 0.05) is 69.2 Å². The van der Waals surface area contributed by atoms with Crippen molar-refractivity contribution in [1.82, 2.24) is 39.9 Å². The molecule has 0 saturated carbocycles. The second kappa shape index (κ2) is 22.9. The Balaban J connectivity index is 0.730. The zero-order valence-electron chi connectivity index (χ0n) is 42.9. The van der Waals surface area contributed by atoms with Gasteiger partial charge in [-0.05, 0) is 126 Å². The predicted octanol–water partition coefficient (Wildman–Crippen LogP) is 8.50. The second-order valence-corrected chi connectivity index (χ2v) is 21.8. The highest BCUT2D eigenvalue weighted by Crippen LogP contribution is 2.37. The molecule has 9 rings (SSSR count). The average molecular weight is 1000 g/mol. The Bertz CT molecular complexity index is 2640. The monoisotopic (exact) mass is 1000 g/mol. The van der Waals surface area contributed by atoms with Crippen molar-refractivity contribution in [3.05, 3.63) is 88.4 Å². The van der Waals surface area contributed by atoms with E-state index in [0.717, 1.165) is 124 Å². The maximum absolute atomic E-state index is 14.4. The van der Waals surface area contributed by atoms with E-state index in [0.29, 0.717) is 53.5 Å². The molecule has 5 aromatic rings. The van der Waals surface area contributed by atoms with E-state index in [-0.39, 0.29) is 35.6 Å². The first-order valence-electron chi connectivity index (χ1n) is 26.5. The number of nitrogens with zero attached hydrogens (tertiary/aromatic N) is 8. The fraction of sp³-hybridized carbons (Fsp3) is 0.545. The summed E-state index contributed by atoms with van der Waals surface area (Å²) in [5.74, 6) is 2.06. The van der Waals surface area contributed by atoms with E-state index in [1.165, 1.54) is 12.8 Å². The Kier molecular flexibility index (Phi) is 16.2. The molecule has 4 fully saturated rings. The molecule has 72 heavy (non-hydrogen) atoms. The topological polar surface area (TPSA) is 200 Å². The molecule has 2 amide bonds. The number of carbonyl (C=O) groups excluding carboxylic acids is 2. The molecule has 0 spiro atoms. The molecule has 17 heteroatoms. The fourth-order valence-corrected chi connectivity index (χ4v) is 12.4. The van der Waals surface area contributed by atoms with E-state index in [1.54, 1.807) is 28.4 Å². The summed E-state index contributed by atoms with van der Waals surface area (Å²) in [6, 6.07) is 17.4. The van der Waals surface area contributed by atoms with Crippen LogP contribution in [0.4, 0.5) is 17.3 Å². The standard InChI is InChI=1S/C55H76N12O4S/c1-6-23-58-53-51(57)46(31-44(56)43-10-7-8-12-47(43)68)67(61-53)42-21-29-64(30-22-42)41-19-25-63(26-20-41)33-38-17-27-65(28-18-38)49-32-48(71-62-49)50(35(2)3)55(70)66-24-9-11-45(66)54(69)60-36(4)39-13-15-40(16-14-39)52-37(5)59-34-72-52/h7-8,10,12-16,31-32,34-36,38,41-42,45,50,68H,6,9,11,17-30,33,56-57H2,1-5H3,(H,58,61)(H,60,69)/b44-31-/t36-,45-,50?/m0/s1. The number of aromatic hydroxyl groups is 1. The van der Waals surface area contributed by atoms with Crippen LogP contribution in [0.1, 0.15) is 132 Å². The van der Waals surface area contributed by atoms with Crippen LogP contribution in [0.5, 0.6) is 5.75 Å². The number of aryl methyl sites for hydroxylation is 1. The molecule has 386 valence electrons. The maximum atomic E-state index is 14.4. The average Bonchev–Trinajstić information content (AvgIpc) is 4.23. The summed E-state index contributed by atoms with van der Waals surface area (Å²) in [5, 5.41) is 26.6. The van der Waals surface area contributed by atoms with Crippen LogP contribution in [0.2, 0.25) is 0 Å². The number of para-hydroxylation sites is 1. The number of phenols is 1. The first-order valence-corrected chi connectivity index (χ1v) is 27.4. The van der Waals surface area contributed by atoms with Gasteiger partial charge in [0.1, 0.15) is 23.4 Å². The third-order valence-corrected chi connectivity index (χ3v) is 16.8. The molecule has 0 bridgehead atoms. The maximum Gasteiger partial charge on any atom is 0.243 e. The zero-order valence-corrected chi connectivity index (χ0v) is 43.7. The SMILES string of the molecule is CCCNc1nn(C2CCN(C3CCN(CC4CCN(c5cc(C(C(=O)N6CCC[C@H]6C(=O)N[C@@H](C)c6ccc(-c7scnc7C)cc6)C(C)C)on5)CC4)CC3)CC2)c(/C=C(\N)c2ccccc2O)c1N. The number of nitrogen functional groups attached to an aromatic ring is 1. The second-order valence-electron chi connectivity index (χ2n) is 21.0. The number of hydrogen-bond acceptors (Lipinski definition) is 14. The zero-order chi connectivity index (χ0) is 50.5. The molecule has 0 radical (unpaired) electrons. The van der Waals surface area contributed by atoms with Crippen molar-refractivity contribution in [2.45, 2.75) is 122 Å². The molecule has 1 unspecified atom stereocenters. The molecule has 16 nitrogen and oxygen atoms in total. The number of rotatable bonds is 17. The number of anilines is 3. The Morgan fingerprint density at radius 2 is 1.65 bits per heavy atom. The van der Waals surface area contributed by atoms with Gasteiger partial charge >= 0.3 is 0 Å². The normalized spacial score (nSPS) is 20.1. The molecule has 3 atom stereocenters. The number of piperidine rings is 3. The predicted molar refractivity (Wildman–Crippen MR) is 287 cm³/mol. The van der Waals surface area contributed by atoms with Gasteiger partial charge < -0.3 is 51.3 Å². The number of hydrogen-bond donors (Lipinski definition) is 5. The smallest absolute Gasteiger partial charge is 0.243 e. The van der Waals surface area contributed by atoms with Gasteiger partial charge in [-0.15, -0.1) is 11.3 Å². The van der Waals surface area contributed by atoms with E-state index < -0.39 is 12.0 Å². The van der Waals surface area contributed by atoms with Crippen molar-refractivity contribution in [2.75, 3.05) is 74.9 Å². The number of nitrogens with two attached hydrogens (primary N) is 2. The molecular weight excluding hydrogens is 925 g/mol. The molecule has 4 aliphatic heterocycles. The van der Waals surface area contributed by atoms with Crippen LogP contribution >= 0.6 is 11.3 Å². The fourth-order valence-electron chi connectivity index (χ4n) is 11.6. The van der Waals surface area contributed by atoms with Crippen molar-refractivity contribution in [3.63, 3.8) is 0 Å². The number of nitrogens with one attached hydrogen (secondary N) is 2. The molecule has 7 N–H and O–H groups in total. The van der Waals surface area contributed by atoms with Crippen LogP contribution in [0.3, 0.4) is 0 Å². The summed E-state index contributed by atoms with van der Waals surface area (Å²) < 4.78 is 8.06. The molecule has 2 aromatic carbocycles. The quantitative estimate of drug-likeness (QED) is 0.0595. The van der Waals surface area contributed by atoms with Gasteiger partial charge in [-0.2, -0.15) is 5.10 Å². The highest BCUT2D eigenvalue weighted by molar-refractivity contribution is 7.13. The van der Waals surface area contributed by atoms with Crippen molar-refractivity contribution >= 4 is 52.2 Å². The number of benzene rings is 2. The summed E-state index contributed by atoms with van der Waals surface area (Å²) >= 11 is 1.62. The Morgan fingerprint density at radius 3 is 2.33 bits per heavy atom. The molecule has 3 aromatic heterocycles. The van der Waals surface area contributed by atoms with E-state index in [9.17, 15) is 14.7 Å². The number of likely N-dealkylation sites (tertiary alicyclic amines) is 3. The molecule has 4 aliphatic rings. The molecule has 7 heterocycles. The van der Waals surface area contributed by atoms with Gasteiger partial charge in [-0.1, -0.05) is 62.3 Å². The number of amides is 2. The van der Waals surface area contributed by atoms with Crippen molar-refractivity contribution < 1.29 is 19.2 Å². The van der Waals surface area contributed by atoms with Gasteiger partial charge in [0.2, 0.25) is 11.8 Å². The van der Waals surface area contributed by atoms with Crippen LogP contribution in [0, 0.1) is 18.8 Å². The van der Waals surface area contributed by atoms with Crippen molar-refractivity contribution in [2.24, 2.45) is 17.6 Å². The number of aromatic nitrogens is 4. The third-order valence-electron chi connectivity index (χ3n) is 15.8. The van der Waals surface area contributed by atoms with Gasteiger partial charge in [0.25, 0.3) is 0 Å². The lowest BCUT2D eigenvalue weighted by atomic mass is 9.91.